The van der Waals surface area contributed by atoms with E-state index in [0.29, 0.717) is 32.1 Å². The van der Waals surface area contributed by atoms with Crippen LogP contribution in [0, 0.1) is 19.8 Å². The number of aryl methyl sites for hydroxylation is 1. The Bertz CT molecular complexity index is 1240. The molecular formula is C22H32N4O5S2. The normalized spacial score (nSPS) is 16.4. The van der Waals surface area contributed by atoms with Crippen LogP contribution >= 0.6 is 0 Å². The molecule has 0 radical (unpaired) electrons. The van der Waals surface area contributed by atoms with Crippen molar-refractivity contribution >= 4 is 26.0 Å². The largest absolute Gasteiger partial charge is 0.278 e. The lowest BCUT2D eigenvalue weighted by molar-refractivity contribution is 0.0942. The van der Waals surface area contributed by atoms with Crippen molar-refractivity contribution in [3.63, 3.8) is 0 Å². The maximum atomic E-state index is 13.3. The number of hydrogen-bond donors (Lipinski definition) is 0. The topological polar surface area (TPSA) is 110 Å². The predicted octanol–water partition coefficient (Wildman–Crippen LogP) is 2.64. The SMILES string of the molecule is CCN(CC)S(=O)(=O)c1cccc(C(=O)n2nc(C)c(S(=O)(=O)N3CCC(C)CC3)c2C)c1. The number of rotatable bonds is 7. The van der Waals surface area contributed by atoms with Gasteiger partial charge in [0.15, 0.2) is 0 Å². The molecule has 1 fully saturated rings. The maximum absolute atomic E-state index is 13.3. The van der Waals surface area contributed by atoms with E-state index in [1.54, 1.807) is 27.7 Å². The molecule has 0 atom stereocenters. The smallest absolute Gasteiger partial charge is 0.267 e. The Hall–Kier alpha value is -2.08. The van der Waals surface area contributed by atoms with Gasteiger partial charge in [0.05, 0.1) is 16.3 Å². The van der Waals surface area contributed by atoms with Crippen molar-refractivity contribution in [2.75, 3.05) is 26.2 Å². The number of nitrogens with zero attached hydrogens (tertiary/aromatic N) is 4. The Labute approximate surface area is 196 Å². The van der Waals surface area contributed by atoms with Gasteiger partial charge in [-0.05, 0) is 50.8 Å². The van der Waals surface area contributed by atoms with E-state index in [0.717, 1.165) is 17.5 Å². The van der Waals surface area contributed by atoms with Gasteiger partial charge in [0, 0.05) is 31.7 Å². The van der Waals surface area contributed by atoms with Crippen LogP contribution < -0.4 is 0 Å². The van der Waals surface area contributed by atoms with Crippen LogP contribution in [0.3, 0.4) is 0 Å². The van der Waals surface area contributed by atoms with E-state index in [4.69, 9.17) is 0 Å². The molecule has 1 aliphatic rings. The van der Waals surface area contributed by atoms with Gasteiger partial charge in [-0.1, -0.05) is 26.8 Å². The summed E-state index contributed by atoms with van der Waals surface area (Å²) in [6.07, 6.45) is 1.58. The molecule has 0 spiro atoms. The Morgan fingerprint density at radius 1 is 1.09 bits per heavy atom. The fourth-order valence-electron chi connectivity index (χ4n) is 4.18. The van der Waals surface area contributed by atoms with Crippen LogP contribution in [0.5, 0.6) is 0 Å². The van der Waals surface area contributed by atoms with Gasteiger partial charge < -0.3 is 0 Å². The highest BCUT2D eigenvalue weighted by Gasteiger charge is 2.34. The first kappa shape index (κ1) is 25.5. The molecule has 11 heteroatoms. The van der Waals surface area contributed by atoms with Crippen LogP contribution in [0.4, 0.5) is 0 Å². The van der Waals surface area contributed by atoms with Gasteiger partial charge in [-0.2, -0.15) is 18.4 Å². The number of piperidine rings is 1. The zero-order chi connectivity index (χ0) is 24.6. The summed E-state index contributed by atoms with van der Waals surface area (Å²) >= 11 is 0. The average Bonchev–Trinajstić information content (AvgIpc) is 3.08. The molecular weight excluding hydrogens is 464 g/mol. The van der Waals surface area contributed by atoms with E-state index in [1.807, 2.05) is 0 Å². The average molecular weight is 497 g/mol. The third-order valence-electron chi connectivity index (χ3n) is 6.18. The van der Waals surface area contributed by atoms with Gasteiger partial charge in [-0.3, -0.25) is 4.79 Å². The Balaban J connectivity index is 1.99. The minimum Gasteiger partial charge on any atom is -0.267 e. The molecule has 0 unspecified atom stereocenters. The molecule has 2 heterocycles. The van der Waals surface area contributed by atoms with Crippen LogP contribution in [-0.4, -0.2) is 67.3 Å². The predicted molar refractivity (Wildman–Crippen MR) is 125 cm³/mol. The van der Waals surface area contributed by atoms with Gasteiger partial charge in [0.2, 0.25) is 20.0 Å². The molecule has 2 aromatic rings. The van der Waals surface area contributed by atoms with Gasteiger partial charge in [-0.25, -0.2) is 16.8 Å². The summed E-state index contributed by atoms with van der Waals surface area (Å²) in [5.74, 6) is -0.108. The van der Waals surface area contributed by atoms with Gasteiger partial charge in [0.25, 0.3) is 5.91 Å². The summed E-state index contributed by atoms with van der Waals surface area (Å²) in [5, 5.41) is 4.22. The van der Waals surface area contributed by atoms with E-state index in [9.17, 15) is 21.6 Å². The molecule has 1 aromatic carbocycles. The summed E-state index contributed by atoms with van der Waals surface area (Å²) in [6.45, 7) is 10.2. The Morgan fingerprint density at radius 2 is 1.70 bits per heavy atom. The Kier molecular flexibility index (Phi) is 7.47. The van der Waals surface area contributed by atoms with Crippen molar-refractivity contribution in [1.29, 1.82) is 0 Å². The van der Waals surface area contributed by atoms with Gasteiger partial charge >= 0.3 is 0 Å². The van der Waals surface area contributed by atoms with Crippen LogP contribution in [0.25, 0.3) is 0 Å². The minimum atomic E-state index is -3.80. The summed E-state index contributed by atoms with van der Waals surface area (Å²) < 4.78 is 56.2. The summed E-state index contributed by atoms with van der Waals surface area (Å²) in [5.41, 5.74) is 0.573. The monoisotopic (exact) mass is 496 g/mol. The maximum Gasteiger partial charge on any atom is 0.278 e. The van der Waals surface area contributed by atoms with Crippen molar-refractivity contribution in [2.45, 2.75) is 57.3 Å². The van der Waals surface area contributed by atoms with Crippen molar-refractivity contribution in [1.82, 2.24) is 18.4 Å². The van der Waals surface area contributed by atoms with E-state index in [2.05, 4.69) is 12.0 Å². The van der Waals surface area contributed by atoms with E-state index in [1.165, 1.54) is 32.9 Å². The Morgan fingerprint density at radius 3 is 2.27 bits per heavy atom. The molecule has 9 nitrogen and oxygen atoms in total. The first-order valence-corrected chi connectivity index (χ1v) is 14.0. The first-order valence-electron chi connectivity index (χ1n) is 11.2. The molecule has 1 saturated heterocycles. The molecule has 0 amide bonds. The standard InChI is InChI=1S/C22H32N4O5S2/c1-6-24(7-2)32(28,29)20-10-8-9-19(15-20)22(27)26-18(5)21(17(4)23-26)33(30,31)25-13-11-16(3)12-14-25/h8-10,15-16H,6-7,11-14H2,1-5H3. The minimum absolute atomic E-state index is 0.00821. The van der Waals surface area contributed by atoms with Crippen LogP contribution in [0.2, 0.25) is 0 Å². The molecule has 0 N–H and O–H groups in total. The lowest BCUT2D eigenvalue weighted by atomic mass is 10.0. The highest BCUT2D eigenvalue weighted by molar-refractivity contribution is 7.89. The molecule has 1 aliphatic heterocycles. The van der Waals surface area contributed by atoms with Crippen LogP contribution in [-0.2, 0) is 20.0 Å². The van der Waals surface area contributed by atoms with Crippen molar-refractivity contribution in [2.24, 2.45) is 5.92 Å². The van der Waals surface area contributed by atoms with Crippen molar-refractivity contribution in [3.8, 4) is 0 Å². The number of carbonyl (C=O) groups excluding carboxylic acids is 1. The second kappa shape index (κ2) is 9.65. The zero-order valence-electron chi connectivity index (χ0n) is 19.8. The number of aromatic nitrogens is 2. The van der Waals surface area contributed by atoms with Crippen molar-refractivity contribution < 1.29 is 21.6 Å². The van der Waals surface area contributed by atoms with Crippen molar-refractivity contribution in [3.05, 3.63) is 41.2 Å². The van der Waals surface area contributed by atoms with Gasteiger partial charge in [-0.15, -0.1) is 0 Å². The number of sulfonamides is 2. The molecule has 0 aliphatic carbocycles. The third-order valence-corrected chi connectivity index (χ3v) is 10.4. The van der Waals surface area contributed by atoms with Crippen LogP contribution in [0.1, 0.15) is 55.4 Å². The van der Waals surface area contributed by atoms with Gasteiger partial charge in [0.1, 0.15) is 4.90 Å². The highest BCUT2D eigenvalue weighted by atomic mass is 32.2. The molecule has 0 bridgehead atoms. The molecule has 1 aromatic heterocycles. The number of benzene rings is 1. The number of carbonyl (C=O) groups is 1. The summed E-state index contributed by atoms with van der Waals surface area (Å²) in [4.78, 5) is 13.3. The zero-order valence-corrected chi connectivity index (χ0v) is 21.4. The summed E-state index contributed by atoms with van der Waals surface area (Å²) in [7, 11) is -7.54. The lowest BCUT2D eigenvalue weighted by Crippen LogP contribution is -2.38. The molecule has 3 rings (SSSR count). The van der Waals surface area contributed by atoms with Crippen LogP contribution in [0.15, 0.2) is 34.1 Å². The summed E-state index contributed by atoms with van der Waals surface area (Å²) in [6, 6.07) is 5.76. The second-order valence-corrected chi connectivity index (χ2v) is 12.2. The first-order chi connectivity index (χ1) is 15.4. The second-order valence-electron chi connectivity index (χ2n) is 8.42. The molecule has 33 heavy (non-hydrogen) atoms. The molecule has 182 valence electrons. The third kappa shape index (κ3) is 4.77. The number of hydrogen-bond acceptors (Lipinski definition) is 6. The fraction of sp³-hybridized carbons (Fsp3) is 0.545. The molecule has 0 saturated carbocycles. The van der Waals surface area contributed by atoms with E-state index < -0.39 is 26.0 Å². The highest BCUT2D eigenvalue weighted by Crippen LogP contribution is 2.28. The quantitative estimate of drug-likeness (QED) is 0.583. The van der Waals surface area contributed by atoms with E-state index >= 15 is 0 Å². The van der Waals surface area contributed by atoms with E-state index in [-0.39, 0.29) is 26.7 Å². The fourth-order valence-corrected chi connectivity index (χ4v) is 7.51. The lowest BCUT2D eigenvalue weighted by Gasteiger charge is -2.29.